The molecule has 198 valence electrons. The van der Waals surface area contributed by atoms with E-state index in [0.29, 0.717) is 56.5 Å². The number of nitrogens with one attached hydrogen (secondary N) is 3. The maximum atomic E-state index is 13.0. The lowest BCUT2D eigenvalue weighted by atomic mass is 9.70. The van der Waals surface area contributed by atoms with Crippen molar-refractivity contribution >= 4 is 29.2 Å². The quantitative estimate of drug-likeness (QED) is 0.356. The van der Waals surface area contributed by atoms with Crippen molar-refractivity contribution < 1.29 is 14.4 Å². The molecule has 2 aromatic carbocycles. The minimum absolute atomic E-state index is 0.102. The summed E-state index contributed by atoms with van der Waals surface area (Å²) in [6.07, 6.45) is 1.35. The van der Waals surface area contributed by atoms with E-state index in [9.17, 15) is 14.4 Å². The van der Waals surface area contributed by atoms with E-state index in [1.54, 1.807) is 13.0 Å². The maximum absolute atomic E-state index is 13.0. The van der Waals surface area contributed by atoms with Crippen molar-refractivity contribution in [2.45, 2.75) is 32.1 Å². The van der Waals surface area contributed by atoms with Crippen LogP contribution in [0, 0.1) is 0 Å². The zero-order valence-electron chi connectivity index (χ0n) is 21.9. The highest BCUT2D eigenvalue weighted by molar-refractivity contribution is 5.92. The summed E-state index contributed by atoms with van der Waals surface area (Å²) < 4.78 is 0. The Balaban J connectivity index is 1.41. The standard InChI is InChI=1S/C29H34N6O3/c1-21(36)29(24-11-7-4-8-12-24)13-17-35(18-14-29)20-27(38)32-26-19-25(31-16-15-30-22(2)37)33-28(34-26)23-9-5-3-6-10-23/h3-12,19H,13-18,20H2,1-2H3,(H,30,37)(H2,31,32,33,34,38). The average molecular weight is 515 g/mol. The van der Waals surface area contributed by atoms with Gasteiger partial charge in [-0.1, -0.05) is 60.7 Å². The van der Waals surface area contributed by atoms with E-state index in [2.05, 4.69) is 30.8 Å². The van der Waals surface area contributed by atoms with E-state index >= 15 is 0 Å². The first-order valence-electron chi connectivity index (χ1n) is 12.9. The molecule has 0 radical (unpaired) electrons. The summed E-state index contributed by atoms with van der Waals surface area (Å²) in [7, 11) is 0. The third-order valence-electron chi connectivity index (χ3n) is 6.91. The molecule has 38 heavy (non-hydrogen) atoms. The molecule has 0 unspecified atom stereocenters. The van der Waals surface area contributed by atoms with Crippen LogP contribution in [0.1, 0.15) is 32.3 Å². The van der Waals surface area contributed by atoms with E-state index in [0.717, 1.165) is 11.1 Å². The lowest BCUT2D eigenvalue weighted by molar-refractivity contribution is -0.124. The number of rotatable bonds is 10. The van der Waals surface area contributed by atoms with E-state index < -0.39 is 5.41 Å². The number of ketones is 1. The summed E-state index contributed by atoms with van der Waals surface area (Å²) in [5.41, 5.74) is 1.37. The maximum Gasteiger partial charge on any atom is 0.239 e. The number of anilines is 2. The second kappa shape index (κ2) is 12.4. The number of carbonyl (C=O) groups excluding carboxylic acids is 3. The van der Waals surface area contributed by atoms with Crippen molar-refractivity contribution in [3.63, 3.8) is 0 Å². The first kappa shape index (κ1) is 26.9. The average Bonchev–Trinajstić information content (AvgIpc) is 2.92. The fourth-order valence-electron chi connectivity index (χ4n) is 4.83. The monoisotopic (exact) mass is 514 g/mol. The SMILES string of the molecule is CC(=O)NCCNc1cc(NC(=O)CN2CCC(C(C)=O)(c3ccccc3)CC2)nc(-c2ccccc2)n1. The molecular formula is C29H34N6O3. The zero-order valence-corrected chi connectivity index (χ0v) is 21.9. The Morgan fingerprint density at radius 3 is 2.13 bits per heavy atom. The van der Waals surface area contributed by atoms with Gasteiger partial charge in [0.05, 0.1) is 12.0 Å². The number of likely N-dealkylation sites (tertiary alicyclic amines) is 1. The van der Waals surface area contributed by atoms with Crippen LogP contribution in [0.4, 0.5) is 11.6 Å². The zero-order chi connectivity index (χ0) is 27.0. The number of carbonyl (C=O) groups is 3. The Morgan fingerprint density at radius 2 is 1.50 bits per heavy atom. The van der Waals surface area contributed by atoms with Crippen molar-refractivity contribution in [3.8, 4) is 11.4 Å². The summed E-state index contributed by atoms with van der Waals surface area (Å²) in [5, 5.41) is 8.83. The topological polar surface area (TPSA) is 116 Å². The fourth-order valence-corrected chi connectivity index (χ4v) is 4.83. The predicted molar refractivity (Wildman–Crippen MR) is 148 cm³/mol. The van der Waals surface area contributed by atoms with Crippen molar-refractivity contribution in [2.24, 2.45) is 0 Å². The first-order chi connectivity index (χ1) is 18.4. The number of piperidine rings is 1. The van der Waals surface area contributed by atoms with Gasteiger partial charge in [-0.3, -0.25) is 19.3 Å². The number of aromatic nitrogens is 2. The first-order valence-corrected chi connectivity index (χ1v) is 12.9. The number of hydrogen-bond donors (Lipinski definition) is 3. The predicted octanol–water partition coefficient (Wildman–Crippen LogP) is 3.25. The van der Waals surface area contributed by atoms with Crippen LogP contribution in [-0.4, -0.2) is 65.2 Å². The van der Waals surface area contributed by atoms with Crippen LogP contribution < -0.4 is 16.0 Å². The van der Waals surface area contributed by atoms with Gasteiger partial charge in [0.15, 0.2) is 5.82 Å². The van der Waals surface area contributed by atoms with Gasteiger partial charge in [0.2, 0.25) is 11.8 Å². The van der Waals surface area contributed by atoms with Crippen molar-refractivity contribution in [3.05, 3.63) is 72.3 Å². The lowest BCUT2D eigenvalue weighted by Crippen LogP contribution is -2.48. The molecule has 0 bridgehead atoms. The third-order valence-corrected chi connectivity index (χ3v) is 6.91. The van der Waals surface area contributed by atoms with Crippen LogP contribution in [0.5, 0.6) is 0 Å². The number of amides is 2. The van der Waals surface area contributed by atoms with Crippen molar-refractivity contribution in [1.29, 1.82) is 0 Å². The van der Waals surface area contributed by atoms with E-state index in [1.807, 2.05) is 60.7 Å². The molecule has 9 heteroatoms. The van der Waals surface area contributed by atoms with Crippen LogP contribution in [0.2, 0.25) is 0 Å². The van der Waals surface area contributed by atoms with Crippen LogP contribution >= 0.6 is 0 Å². The molecule has 0 aliphatic carbocycles. The van der Waals surface area contributed by atoms with Crippen molar-refractivity contribution in [1.82, 2.24) is 20.2 Å². The fraction of sp³-hybridized carbons (Fsp3) is 0.345. The van der Waals surface area contributed by atoms with Gasteiger partial charge >= 0.3 is 0 Å². The van der Waals surface area contributed by atoms with Crippen LogP contribution in [0.3, 0.4) is 0 Å². The third kappa shape index (κ3) is 6.80. The molecule has 3 N–H and O–H groups in total. The summed E-state index contributed by atoms with van der Waals surface area (Å²) in [5.74, 6) is 1.31. The molecule has 1 saturated heterocycles. The van der Waals surface area contributed by atoms with Gasteiger partial charge in [0.25, 0.3) is 0 Å². The number of nitrogens with zero attached hydrogens (tertiary/aromatic N) is 3. The summed E-state index contributed by atoms with van der Waals surface area (Å²) >= 11 is 0. The van der Waals surface area contributed by atoms with Gasteiger partial charge in [-0.2, -0.15) is 0 Å². The Kier molecular flexibility index (Phi) is 8.81. The van der Waals surface area contributed by atoms with Crippen LogP contribution in [-0.2, 0) is 19.8 Å². The Labute approximate surface area is 223 Å². The summed E-state index contributed by atoms with van der Waals surface area (Å²) in [6.45, 7) is 5.56. The van der Waals surface area contributed by atoms with Gasteiger partial charge in [0.1, 0.15) is 17.4 Å². The normalized spacial score (nSPS) is 14.9. The van der Waals surface area contributed by atoms with Gasteiger partial charge in [-0.15, -0.1) is 0 Å². The summed E-state index contributed by atoms with van der Waals surface area (Å²) in [4.78, 5) is 48.0. The molecule has 1 aliphatic rings. The highest BCUT2D eigenvalue weighted by atomic mass is 16.2. The molecule has 3 aromatic rings. The number of hydrogen-bond acceptors (Lipinski definition) is 7. The Morgan fingerprint density at radius 1 is 0.868 bits per heavy atom. The molecule has 1 fully saturated rings. The molecular weight excluding hydrogens is 480 g/mol. The minimum atomic E-state index is -0.497. The van der Waals surface area contributed by atoms with Gasteiger partial charge in [-0.25, -0.2) is 9.97 Å². The second-order valence-corrected chi connectivity index (χ2v) is 9.57. The highest BCUT2D eigenvalue weighted by Gasteiger charge is 2.40. The molecule has 0 saturated carbocycles. The van der Waals surface area contributed by atoms with Crippen LogP contribution in [0.15, 0.2) is 66.7 Å². The Bertz CT molecular complexity index is 1260. The largest absolute Gasteiger partial charge is 0.368 e. The Hall–Kier alpha value is -4.11. The molecule has 4 rings (SSSR count). The molecule has 0 atom stereocenters. The van der Waals surface area contributed by atoms with E-state index in [-0.39, 0.29) is 24.1 Å². The van der Waals surface area contributed by atoms with Gasteiger partial charge in [0, 0.05) is 31.6 Å². The number of benzene rings is 2. The van der Waals surface area contributed by atoms with Crippen molar-refractivity contribution in [2.75, 3.05) is 43.4 Å². The molecule has 9 nitrogen and oxygen atoms in total. The van der Waals surface area contributed by atoms with Crippen LogP contribution in [0.25, 0.3) is 11.4 Å². The molecule has 0 spiro atoms. The molecule has 2 heterocycles. The van der Waals surface area contributed by atoms with Gasteiger partial charge in [-0.05, 0) is 38.4 Å². The summed E-state index contributed by atoms with van der Waals surface area (Å²) in [6, 6.07) is 21.1. The minimum Gasteiger partial charge on any atom is -0.368 e. The second-order valence-electron chi connectivity index (χ2n) is 9.57. The highest BCUT2D eigenvalue weighted by Crippen LogP contribution is 2.36. The number of Topliss-reactive ketones (excluding diaryl/α,β-unsaturated/α-hetero) is 1. The molecule has 2 amide bonds. The van der Waals surface area contributed by atoms with E-state index in [4.69, 9.17) is 0 Å². The molecule has 1 aromatic heterocycles. The molecule has 1 aliphatic heterocycles. The van der Waals surface area contributed by atoms with Gasteiger partial charge < -0.3 is 16.0 Å². The lowest BCUT2D eigenvalue weighted by Gasteiger charge is -2.40. The van der Waals surface area contributed by atoms with E-state index in [1.165, 1.54) is 6.92 Å². The smallest absolute Gasteiger partial charge is 0.239 e.